The van der Waals surface area contributed by atoms with Crippen LogP contribution >= 0.6 is 0 Å². The van der Waals surface area contributed by atoms with Gasteiger partial charge < -0.3 is 15.2 Å². The van der Waals surface area contributed by atoms with Gasteiger partial charge in [-0.25, -0.2) is 22.8 Å². The van der Waals surface area contributed by atoms with Gasteiger partial charge >= 0.3 is 0 Å². The summed E-state index contributed by atoms with van der Waals surface area (Å²) in [6, 6.07) is 13.5. The highest BCUT2D eigenvalue weighted by Crippen LogP contribution is 2.37. The Labute approximate surface area is 235 Å². The smallest absolute Gasteiger partial charge is 0.299 e. The molecule has 0 fully saturated rings. The minimum Gasteiger partial charge on any atom is -0.507 e. The number of fused-ring (bicyclic) bond motifs is 3. The molecule has 0 radical (unpaired) electrons. The molecule has 6 rings (SSSR count). The van der Waals surface area contributed by atoms with Crippen LogP contribution in [-0.4, -0.2) is 57.4 Å². The van der Waals surface area contributed by atoms with Gasteiger partial charge in [-0.3, -0.25) is 9.55 Å². The Morgan fingerprint density at radius 1 is 1.07 bits per heavy atom. The number of nitrogens with one attached hydrogen (secondary N) is 1. The normalized spacial score (nSPS) is 14.1. The largest absolute Gasteiger partial charge is 0.507 e. The zero-order valence-corrected chi connectivity index (χ0v) is 23.4. The summed E-state index contributed by atoms with van der Waals surface area (Å²) in [4.78, 5) is 18.1. The molecule has 0 bridgehead atoms. The highest BCUT2D eigenvalue weighted by molar-refractivity contribution is 7.90. The zero-order valence-electron chi connectivity index (χ0n) is 22.6. The minimum atomic E-state index is -3.40. The van der Waals surface area contributed by atoms with Crippen molar-refractivity contribution in [2.75, 3.05) is 24.7 Å². The Balaban J connectivity index is 1.31. The number of phenols is 1. The van der Waals surface area contributed by atoms with Gasteiger partial charge in [0.25, 0.3) is 6.01 Å². The molecule has 0 unspecified atom stereocenters. The second-order valence-corrected chi connectivity index (χ2v) is 12.6. The summed E-state index contributed by atoms with van der Waals surface area (Å²) in [5, 5.41) is 13.9. The number of imidazole rings is 1. The summed E-state index contributed by atoms with van der Waals surface area (Å²) in [5.41, 5.74) is 3.18. The van der Waals surface area contributed by atoms with Gasteiger partial charge in [0, 0.05) is 30.1 Å². The number of hydrogen-bond donors (Lipinski definition) is 2. The standard InChI is InChI=1S/C29H27FN6O4S/c1-29(2)16-40-28-33-24-26(34-25(35-27(24)36(28)29)19-12-20(30)15-31-14-19)32-10-9-17-7-8-23(37)22(11-17)18-5-4-6-21(13-18)41(3,38)39/h4-8,11-15,37H,9-10,16H2,1-3H3,(H,32,34,35). The van der Waals surface area contributed by atoms with E-state index < -0.39 is 15.7 Å². The lowest BCUT2D eigenvalue weighted by Crippen LogP contribution is -2.25. The van der Waals surface area contributed by atoms with E-state index in [0.717, 1.165) is 18.0 Å². The maximum Gasteiger partial charge on any atom is 0.299 e. The molecule has 0 aliphatic carbocycles. The number of ether oxygens (including phenoxy) is 1. The molecule has 0 atom stereocenters. The van der Waals surface area contributed by atoms with E-state index in [2.05, 4.69) is 20.3 Å². The number of rotatable bonds is 7. The summed E-state index contributed by atoms with van der Waals surface area (Å²) in [6.07, 6.45) is 4.33. The second-order valence-electron chi connectivity index (χ2n) is 10.6. The number of aromatic hydroxyl groups is 1. The zero-order chi connectivity index (χ0) is 28.9. The molecule has 1 aliphatic heterocycles. The van der Waals surface area contributed by atoms with Crippen LogP contribution in [0.25, 0.3) is 33.7 Å². The van der Waals surface area contributed by atoms with Gasteiger partial charge in [-0.15, -0.1) is 0 Å². The summed E-state index contributed by atoms with van der Waals surface area (Å²) < 4.78 is 45.8. The molecule has 10 nitrogen and oxygen atoms in total. The fourth-order valence-corrected chi connectivity index (χ4v) is 5.53. The van der Waals surface area contributed by atoms with Gasteiger partial charge in [0.1, 0.15) is 18.2 Å². The number of halogens is 1. The van der Waals surface area contributed by atoms with Gasteiger partial charge in [0.2, 0.25) is 0 Å². The molecule has 4 heterocycles. The van der Waals surface area contributed by atoms with Crippen LogP contribution in [0.2, 0.25) is 0 Å². The molecular formula is C29H27FN6O4S. The van der Waals surface area contributed by atoms with Gasteiger partial charge in [0.05, 0.1) is 16.6 Å². The summed E-state index contributed by atoms with van der Waals surface area (Å²) >= 11 is 0. The molecule has 2 N–H and O–H groups in total. The number of phenolic OH excluding ortho intramolecular Hbond substituents is 1. The van der Waals surface area contributed by atoms with Crippen molar-refractivity contribution < 1.29 is 22.7 Å². The average Bonchev–Trinajstić information content (AvgIpc) is 3.46. The first-order chi connectivity index (χ1) is 19.5. The van der Waals surface area contributed by atoms with Crippen molar-refractivity contribution in [1.29, 1.82) is 0 Å². The number of benzene rings is 2. The molecule has 210 valence electrons. The van der Waals surface area contributed by atoms with Crippen molar-refractivity contribution in [2.24, 2.45) is 0 Å². The highest BCUT2D eigenvalue weighted by Gasteiger charge is 2.36. The Hall–Kier alpha value is -4.58. The first kappa shape index (κ1) is 26.6. The van der Waals surface area contributed by atoms with Gasteiger partial charge in [-0.1, -0.05) is 18.2 Å². The van der Waals surface area contributed by atoms with Gasteiger partial charge in [-0.2, -0.15) is 4.98 Å². The van der Waals surface area contributed by atoms with Crippen LogP contribution in [0, 0.1) is 5.82 Å². The summed E-state index contributed by atoms with van der Waals surface area (Å²) in [5.74, 6) is 0.326. The van der Waals surface area contributed by atoms with Crippen molar-refractivity contribution in [3.8, 4) is 34.3 Å². The van der Waals surface area contributed by atoms with Crippen molar-refractivity contribution in [2.45, 2.75) is 30.7 Å². The Bertz CT molecular complexity index is 1920. The molecule has 0 saturated heterocycles. The predicted molar refractivity (Wildman–Crippen MR) is 152 cm³/mol. The van der Waals surface area contributed by atoms with E-state index in [1.807, 2.05) is 30.5 Å². The van der Waals surface area contributed by atoms with E-state index in [-0.39, 0.29) is 16.2 Å². The van der Waals surface area contributed by atoms with Crippen LogP contribution in [0.15, 0.2) is 65.8 Å². The lowest BCUT2D eigenvalue weighted by molar-refractivity contribution is 0.268. The number of aromatic nitrogens is 5. The van der Waals surface area contributed by atoms with Crippen molar-refractivity contribution >= 4 is 26.8 Å². The van der Waals surface area contributed by atoms with Crippen LogP contribution < -0.4 is 10.1 Å². The second kappa shape index (κ2) is 9.81. The third-order valence-electron chi connectivity index (χ3n) is 6.94. The Morgan fingerprint density at radius 3 is 2.68 bits per heavy atom. The van der Waals surface area contributed by atoms with Crippen molar-refractivity contribution in [3.63, 3.8) is 0 Å². The summed E-state index contributed by atoms with van der Waals surface area (Å²) in [6.45, 7) is 4.95. The third-order valence-corrected chi connectivity index (χ3v) is 8.05. The first-order valence-corrected chi connectivity index (χ1v) is 14.8. The fourth-order valence-electron chi connectivity index (χ4n) is 4.86. The fraction of sp³-hybridized carbons (Fsp3) is 0.241. The summed E-state index contributed by atoms with van der Waals surface area (Å²) in [7, 11) is -3.40. The van der Waals surface area contributed by atoms with Gasteiger partial charge in [0.15, 0.2) is 32.6 Å². The average molecular weight is 575 g/mol. The van der Waals surface area contributed by atoms with Crippen LogP contribution in [0.1, 0.15) is 19.4 Å². The van der Waals surface area contributed by atoms with Crippen LogP contribution in [0.3, 0.4) is 0 Å². The number of sulfone groups is 1. The molecule has 0 saturated carbocycles. The number of hydrogen-bond acceptors (Lipinski definition) is 9. The number of nitrogens with zero attached hydrogens (tertiary/aromatic N) is 5. The van der Waals surface area contributed by atoms with Crippen molar-refractivity contribution in [3.05, 3.63) is 72.3 Å². The minimum absolute atomic E-state index is 0.0494. The Kier molecular flexibility index (Phi) is 6.37. The molecule has 0 spiro atoms. The molecule has 1 aliphatic rings. The number of pyridine rings is 1. The van der Waals surface area contributed by atoms with E-state index in [9.17, 15) is 17.9 Å². The third kappa shape index (κ3) is 5.06. The lowest BCUT2D eigenvalue weighted by atomic mass is 10.0. The molecule has 2 aromatic carbocycles. The SMILES string of the molecule is CC1(C)COc2nc3c(NCCc4ccc(O)c(-c5cccc(S(C)(=O)=O)c5)c4)nc(-c4cncc(F)c4)nc3n21. The highest BCUT2D eigenvalue weighted by atomic mass is 32.2. The predicted octanol–water partition coefficient (Wildman–Crippen LogP) is 4.59. The van der Waals surface area contributed by atoms with Crippen molar-refractivity contribution in [1.82, 2.24) is 24.5 Å². The topological polar surface area (TPSA) is 132 Å². The molecule has 41 heavy (non-hydrogen) atoms. The van der Waals surface area contributed by atoms with E-state index in [0.29, 0.717) is 65.1 Å². The quantitative estimate of drug-likeness (QED) is 0.287. The first-order valence-electron chi connectivity index (χ1n) is 12.9. The van der Waals surface area contributed by atoms with E-state index in [4.69, 9.17) is 9.72 Å². The lowest BCUT2D eigenvalue weighted by Gasteiger charge is -2.18. The molecule has 0 amide bonds. The molecule has 5 aromatic rings. The van der Waals surface area contributed by atoms with E-state index >= 15 is 0 Å². The van der Waals surface area contributed by atoms with E-state index in [1.165, 1.54) is 18.3 Å². The van der Waals surface area contributed by atoms with E-state index in [1.54, 1.807) is 24.3 Å². The van der Waals surface area contributed by atoms with Crippen LogP contribution in [0.4, 0.5) is 10.2 Å². The van der Waals surface area contributed by atoms with Crippen LogP contribution in [-0.2, 0) is 21.8 Å². The molecule has 3 aromatic heterocycles. The maximum absolute atomic E-state index is 14.0. The Morgan fingerprint density at radius 2 is 1.90 bits per heavy atom. The molecule has 12 heteroatoms. The maximum atomic E-state index is 14.0. The van der Waals surface area contributed by atoms with Crippen LogP contribution in [0.5, 0.6) is 11.8 Å². The number of anilines is 1. The monoisotopic (exact) mass is 574 g/mol. The molecular weight excluding hydrogens is 547 g/mol. The van der Waals surface area contributed by atoms with Gasteiger partial charge in [-0.05, 0) is 61.7 Å².